The fraction of sp³-hybridized carbons (Fsp3) is 0.571. The number of phenolic OH excluding ortho intramolecular Hbond substituents is 1. The number of benzene rings is 1. The van der Waals surface area contributed by atoms with Crippen LogP contribution < -0.4 is 0 Å². The minimum Gasteiger partial charge on any atom is -0.508 e. The monoisotopic (exact) mass is 275 g/mol. The van der Waals surface area contributed by atoms with Gasteiger partial charge in [0, 0.05) is 12.5 Å². The summed E-state index contributed by atoms with van der Waals surface area (Å²) >= 11 is 0. The summed E-state index contributed by atoms with van der Waals surface area (Å²) < 4.78 is 15.0. The largest absolute Gasteiger partial charge is 0.508 e. The van der Waals surface area contributed by atoms with Crippen molar-refractivity contribution in [3.8, 4) is 5.75 Å². The van der Waals surface area contributed by atoms with E-state index in [0.29, 0.717) is 18.5 Å². The van der Waals surface area contributed by atoms with E-state index in [9.17, 15) is 5.11 Å². The van der Waals surface area contributed by atoms with Gasteiger partial charge in [-0.25, -0.2) is 4.39 Å². The van der Waals surface area contributed by atoms with Crippen LogP contribution >= 0.6 is 12.4 Å². The topological polar surface area (TPSA) is 23.5 Å². The van der Waals surface area contributed by atoms with Gasteiger partial charge in [-0.2, -0.15) is 0 Å². The lowest BCUT2D eigenvalue weighted by molar-refractivity contribution is 0.0658. The van der Waals surface area contributed by atoms with E-state index in [4.69, 9.17) is 0 Å². The van der Waals surface area contributed by atoms with Crippen molar-refractivity contribution in [1.82, 2.24) is 4.90 Å². The number of rotatable bonds is 5. The van der Waals surface area contributed by atoms with Crippen molar-refractivity contribution in [3.63, 3.8) is 0 Å². The van der Waals surface area contributed by atoms with Gasteiger partial charge in [0.05, 0.1) is 0 Å². The molecule has 0 unspecified atom stereocenters. The van der Waals surface area contributed by atoms with Crippen molar-refractivity contribution in [3.05, 3.63) is 29.8 Å². The molecule has 0 saturated heterocycles. The molecule has 0 spiro atoms. The zero-order chi connectivity index (χ0) is 13.1. The maximum atomic E-state index is 15.0. The first-order chi connectivity index (χ1) is 7.90. The first-order valence-corrected chi connectivity index (χ1v) is 6.03. The Morgan fingerprint density at radius 2 is 2.00 bits per heavy atom. The van der Waals surface area contributed by atoms with Gasteiger partial charge in [-0.3, -0.25) is 0 Å². The van der Waals surface area contributed by atoms with E-state index in [2.05, 4.69) is 0 Å². The molecule has 0 amide bonds. The minimum atomic E-state index is -1.39. The lowest BCUT2D eigenvalue weighted by Crippen LogP contribution is -2.35. The number of nitrogens with zero attached hydrogens (tertiary/aromatic N) is 1. The van der Waals surface area contributed by atoms with Crippen LogP contribution in [0.2, 0.25) is 0 Å². The number of hydrogen-bond acceptors (Lipinski definition) is 2. The molecule has 1 N–H and O–H groups in total. The number of halogens is 2. The average Bonchev–Trinajstić information content (AvgIpc) is 2.27. The molecule has 2 nitrogen and oxygen atoms in total. The second-order valence-corrected chi connectivity index (χ2v) is 4.93. The molecule has 0 fully saturated rings. The molecule has 0 radical (unpaired) electrons. The second kappa shape index (κ2) is 6.95. The van der Waals surface area contributed by atoms with E-state index in [1.807, 2.05) is 32.8 Å². The Labute approximate surface area is 115 Å². The number of hydrogen-bond donors (Lipinski definition) is 1. The quantitative estimate of drug-likeness (QED) is 0.888. The molecule has 0 aliphatic heterocycles. The van der Waals surface area contributed by atoms with Crippen LogP contribution in [0.25, 0.3) is 0 Å². The Balaban J connectivity index is 0.00000289. The van der Waals surface area contributed by atoms with Crippen LogP contribution in [0.3, 0.4) is 0 Å². The molecule has 0 aliphatic rings. The molecule has 1 aromatic rings. The van der Waals surface area contributed by atoms with Crippen molar-refractivity contribution >= 4 is 12.4 Å². The lowest BCUT2D eigenvalue weighted by Gasteiger charge is -2.33. The summed E-state index contributed by atoms with van der Waals surface area (Å²) in [6.07, 6.45) is 0.408. The minimum absolute atomic E-state index is 0. The van der Waals surface area contributed by atoms with Gasteiger partial charge in [0.15, 0.2) is 0 Å². The van der Waals surface area contributed by atoms with E-state index >= 15 is 4.39 Å². The lowest BCUT2D eigenvalue weighted by atomic mass is 9.81. The molecular weight excluding hydrogens is 253 g/mol. The molecule has 0 heterocycles. The number of aromatic hydroxyl groups is 1. The third-order valence-corrected chi connectivity index (χ3v) is 3.26. The first kappa shape index (κ1) is 17.2. The van der Waals surface area contributed by atoms with Gasteiger partial charge < -0.3 is 10.0 Å². The van der Waals surface area contributed by atoms with E-state index < -0.39 is 5.67 Å². The highest BCUT2D eigenvalue weighted by atomic mass is 35.5. The molecule has 4 heteroatoms. The fourth-order valence-electron chi connectivity index (χ4n) is 2.29. The summed E-state index contributed by atoms with van der Waals surface area (Å²) in [6.45, 7) is 4.43. The van der Waals surface area contributed by atoms with Gasteiger partial charge in [-0.15, -0.1) is 12.4 Å². The Morgan fingerprint density at radius 3 is 2.44 bits per heavy atom. The summed E-state index contributed by atoms with van der Waals surface area (Å²) in [4.78, 5) is 1.98. The second-order valence-electron chi connectivity index (χ2n) is 4.93. The summed E-state index contributed by atoms with van der Waals surface area (Å²) in [5.41, 5.74) is -0.822. The third kappa shape index (κ3) is 3.85. The predicted molar refractivity (Wildman–Crippen MR) is 76.1 cm³/mol. The van der Waals surface area contributed by atoms with Gasteiger partial charge in [0.2, 0.25) is 0 Å². The molecule has 1 aromatic carbocycles. The summed E-state index contributed by atoms with van der Waals surface area (Å²) in [5.74, 6) is -0.000622. The maximum Gasteiger partial charge on any atom is 0.139 e. The molecule has 0 saturated carbocycles. The zero-order valence-electron chi connectivity index (χ0n) is 11.5. The number of phenols is 1. The Kier molecular flexibility index (Phi) is 6.64. The van der Waals surface area contributed by atoms with E-state index in [1.165, 1.54) is 6.07 Å². The predicted octanol–water partition coefficient (Wildman–Crippen LogP) is 3.59. The Hall–Kier alpha value is -0.800. The van der Waals surface area contributed by atoms with Crippen molar-refractivity contribution in [2.45, 2.75) is 25.9 Å². The van der Waals surface area contributed by atoms with Gasteiger partial charge in [0.1, 0.15) is 11.4 Å². The molecule has 104 valence electrons. The van der Waals surface area contributed by atoms with Crippen LogP contribution in [0.1, 0.15) is 25.8 Å². The number of alkyl halides is 1. The van der Waals surface area contributed by atoms with E-state index in [0.717, 1.165) is 0 Å². The molecule has 2 atom stereocenters. The van der Waals surface area contributed by atoms with Crippen LogP contribution in [0.5, 0.6) is 5.75 Å². The van der Waals surface area contributed by atoms with E-state index in [1.54, 1.807) is 18.2 Å². The Morgan fingerprint density at radius 1 is 1.39 bits per heavy atom. The molecule has 18 heavy (non-hydrogen) atoms. The first-order valence-electron chi connectivity index (χ1n) is 6.03. The summed E-state index contributed by atoms with van der Waals surface area (Å²) in [5, 5.41) is 9.46. The van der Waals surface area contributed by atoms with Crippen molar-refractivity contribution in [1.29, 1.82) is 0 Å². The van der Waals surface area contributed by atoms with Crippen molar-refractivity contribution < 1.29 is 9.50 Å². The smallest absolute Gasteiger partial charge is 0.139 e. The van der Waals surface area contributed by atoms with Crippen LogP contribution in [0.4, 0.5) is 4.39 Å². The van der Waals surface area contributed by atoms with Crippen LogP contribution in [0.15, 0.2) is 24.3 Å². The normalized spacial score (nSPS) is 15.9. The molecule has 1 rings (SSSR count). The van der Waals surface area contributed by atoms with Gasteiger partial charge in [0.25, 0.3) is 0 Å². The molecular formula is C14H23ClFNO. The van der Waals surface area contributed by atoms with Gasteiger partial charge in [-0.1, -0.05) is 26.0 Å². The maximum absolute atomic E-state index is 15.0. The standard InChI is InChI=1S/C14H22FNO.ClH/c1-5-14(15,11(2)10-16(3)4)12-7-6-8-13(17)9-12;/h6-9,11,17H,5,10H2,1-4H3;1H/t11-,14-;/m1./s1. The average molecular weight is 276 g/mol. The van der Waals surface area contributed by atoms with Crippen LogP contribution in [0, 0.1) is 5.92 Å². The van der Waals surface area contributed by atoms with Crippen molar-refractivity contribution in [2.75, 3.05) is 20.6 Å². The van der Waals surface area contributed by atoms with E-state index in [-0.39, 0.29) is 24.1 Å². The van der Waals surface area contributed by atoms with Crippen LogP contribution in [-0.2, 0) is 5.67 Å². The molecule has 0 aromatic heterocycles. The third-order valence-electron chi connectivity index (χ3n) is 3.26. The SMILES string of the molecule is CC[C@](F)(c1cccc(O)c1)[C@H](C)CN(C)C.Cl. The Bertz CT molecular complexity index is 373. The molecule has 0 bridgehead atoms. The van der Waals surface area contributed by atoms with Gasteiger partial charge >= 0.3 is 0 Å². The highest BCUT2D eigenvalue weighted by Crippen LogP contribution is 2.38. The summed E-state index contributed by atoms with van der Waals surface area (Å²) in [6, 6.07) is 6.53. The van der Waals surface area contributed by atoms with Crippen LogP contribution in [-0.4, -0.2) is 30.6 Å². The summed E-state index contributed by atoms with van der Waals surface area (Å²) in [7, 11) is 3.88. The molecule has 0 aliphatic carbocycles. The van der Waals surface area contributed by atoms with Gasteiger partial charge in [-0.05, 0) is 38.2 Å². The highest BCUT2D eigenvalue weighted by Gasteiger charge is 2.36. The van der Waals surface area contributed by atoms with Crippen molar-refractivity contribution in [2.24, 2.45) is 5.92 Å². The fourth-order valence-corrected chi connectivity index (χ4v) is 2.29. The highest BCUT2D eigenvalue weighted by molar-refractivity contribution is 5.85. The zero-order valence-corrected chi connectivity index (χ0v) is 12.3.